The molecule has 0 fully saturated rings. The number of nitrogens with one attached hydrogen (secondary N) is 1. The van der Waals surface area contributed by atoms with Crippen LogP contribution < -0.4 is 5.32 Å². The predicted molar refractivity (Wildman–Crippen MR) is 117 cm³/mol. The molecule has 0 bridgehead atoms. The first-order chi connectivity index (χ1) is 15.1. The van der Waals surface area contributed by atoms with Crippen LogP contribution in [0.2, 0.25) is 0 Å². The predicted octanol–water partition coefficient (Wildman–Crippen LogP) is 4.77. The lowest BCUT2D eigenvalue weighted by atomic mass is 10.0. The maximum absolute atomic E-state index is 12.9. The van der Waals surface area contributed by atoms with Crippen molar-refractivity contribution < 1.29 is 18.0 Å². The van der Waals surface area contributed by atoms with Crippen LogP contribution in [0, 0.1) is 0 Å². The Labute approximate surface area is 185 Å². The van der Waals surface area contributed by atoms with E-state index in [0.29, 0.717) is 16.9 Å². The first-order valence-electron chi connectivity index (χ1n) is 10.2. The minimum absolute atomic E-state index is 0.115. The molecule has 2 heterocycles. The van der Waals surface area contributed by atoms with Gasteiger partial charge in [0.05, 0.1) is 23.0 Å². The Morgan fingerprint density at radius 1 is 1.09 bits per heavy atom. The first-order valence-corrected chi connectivity index (χ1v) is 10.2. The van der Waals surface area contributed by atoms with Crippen molar-refractivity contribution in [1.29, 1.82) is 0 Å². The molecule has 0 aliphatic rings. The lowest BCUT2D eigenvalue weighted by Gasteiger charge is -2.13. The fourth-order valence-corrected chi connectivity index (χ4v) is 3.26. The molecule has 6 nitrogen and oxygen atoms in total. The van der Waals surface area contributed by atoms with Gasteiger partial charge in [0.25, 0.3) is 5.91 Å². The summed E-state index contributed by atoms with van der Waals surface area (Å²) >= 11 is 0. The van der Waals surface area contributed by atoms with Crippen LogP contribution in [0.4, 0.5) is 18.9 Å². The summed E-state index contributed by atoms with van der Waals surface area (Å²) in [6.45, 7) is 4.70. The smallest absolute Gasteiger partial charge is 0.322 e. The topological polar surface area (TPSA) is 63.1 Å². The van der Waals surface area contributed by atoms with E-state index in [1.165, 1.54) is 22.5 Å². The van der Waals surface area contributed by atoms with Gasteiger partial charge in [-0.3, -0.25) is 4.79 Å². The van der Waals surface area contributed by atoms with Gasteiger partial charge in [-0.2, -0.15) is 18.3 Å². The molecule has 32 heavy (non-hydrogen) atoms. The van der Waals surface area contributed by atoms with Gasteiger partial charge in [0.1, 0.15) is 0 Å². The maximum atomic E-state index is 12.9. The molecule has 9 heteroatoms. The summed E-state index contributed by atoms with van der Waals surface area (Å²) in [5.41, 5.74) is 1.89. The first kappa shape index (κ1) is 23.5. The van der Waals surface area contributed by atoms with E-state index in [1.807, 2.05) is 52.2 Å². The fourth-order valence-electron chi connectivity index (χ4n) is 3.26. The molecule has 1 aromatic carbocycles. The van der Waals surface area contributed by atoms with E-state index in [0.717, 1.165) is 25.2 Å². The minimum atomic E-state index is -4.47. The molecule has 170 valence electrons. The van der Waals surface area contributed by atoms with Crippen LogP contribution in [-0.4, -0.2) is 46.2 Å². The van der Waals surface area contributed by atoms with Crippen molar-refractivity contribution >= 4 is 11.6 Å². The molecule has 0 saturated heterocycles. The van der Waals surface area contributed by atoms with Crippen molar-refractivity contribution in [3.05, 3.63) is 71.2 Å². The van der Waals surface area contributed by atoms with Gasteiger partial charge in [0.15, 0.2) is 5.82 Å². The van der Waals surface area contributed by atoms with Gasteiger partial charge < -0.3 is 10.2 Å². The standard InChI is InChI=1S/C23H26F3N5O/c1-15(2)21-19(14-28-31(21)20-10-7-17(13-27-20)23(24,25)26)22(32)29-18-8-5-16(6-9-18)11-12-30(3)4/h5-10,13-15H,11-12H2,1-4H3,(H,29,32). The Morgan fingerprint density at radius 3 is 2.31 bits per heavy atom. The molecule has 0 atom stereocenters. The van der Waals surface area contributed by atoms with E-state index in [-0.39, 0.29) is 17.6 Å². The Morgan fingerprint density at radius 2 is 1.78 bits per heavy atom. The zero-order chi connectivity index (χ0) is 23.5. The third kappa shape index (κ3) is 5.53. The van der Waals surface area contributed by atoms with Crippen LogP contribution in [0.5, 0.6) is 0 Å². The summed E-state index contributed by atoms with van der Waals surface area (Å²) in [5.74, 6) is -0.241. The van der Waals surface area contributed by atoms with Crippen molar-refractivity contribution in [2.45, 2.75) is 32.4 Å². The molecule has 2 aromatic heterocycles. The third-order valence-corrected chi connectivity index (χ3v) is 4.95. The lowest BCUT2D eigenvalue weighted by molar-refractivity contribution is -0.137. The Hall–Kier alpha value is -3.20. The average Bonchev–Trinajstić information content (AvgIpc) is 3.18. The Kier molecular flexibility index (Phi) is 6.98. The number of amides is 1. The molecule has 0 aliphatic heterocycles. The second kappa shape index (κ2) is 9.52. The molecular formula is C23H26F3N5O. The molecule has 0 aliphatic carbocycles. The monoisotopic (exact) mass is 445 g/mol. The van der Waals surface area contributed by atoms with Crippen molar-refractivity contribution in [3.8, 4) is 5.82 Å². The lowest BCUT2D eigenvalue weighted by Crippen LogP contribution is -2.16. The molecular weight excluding hydrogens is 419 g/mol. The number of pyridine rings is 1. The number of aromatic nitrogens is 3. The SMILES string of the molecule is CC(C)c1c(C(=O)Nc2ccc(CCN(C)C)cc2)cnn1-c1ccc(C(F)(F)F)cn1. The van der Waals surface area contributed by atoms with E-state index in [1.54, 1.807) is 0 Å². The Bertz CT molecular complexity index is 1050. The number of hydrogen-bond donors (Lipinski definition) is 1. The van der Waals surface area contributed by atoms with Gasteiger partial charge in [0.2, 0.25) is 0 Å². The second-order valence-corrected chi connectivity index (χ2v) is 8.12. The summed E-state index contributed by atoms with van der Waals surface area (Å²) in [6, 6.07) is 9.83. The quantitative estimate of drug-likeness (QED) is 0.569. The molecule has 0 unspecified atom stereocenters. The average molecular weight is 445 g/mol. The zero-order valence-electron chi connectivity index (χ0n) is 18.4. The van der Waals surface area contributed by atoms with Gasteiger partial charge in [-0.15, -0.1) is 0 Å². The van der Waals surface area contributed by atoms with Crippen molar-refractivity contribution in [1.82, 2.24) is 19.7 Å². The maximum Gasteiger partial charge on any atom is 0.417 e. The fraction of sp³-hybridized carbons (Fsp3) is 0.348. The zero-order valence-corrected chi connectivity index (χ0v) is 18.4. The highest BCUT2D eigenvalue weighted by Gasteiger charge is 2.31. The van der Waals surface area contributed by atoms with E-state index in [2.05, 4.69) is 20.3 Å². The highest BCUT2D eigenvalue weighted by atomic mass is 19.4. The molecule has 0 radical (unpaired) electrons. The summed E-state index contributed by atoms with van der Waals surface area (Å²) in [7, 11) is 4.03. The minimum Gasteiger partial charge on any atom is -0.322 e. The molecule has 1 amide bonds. The van der Waals surface area contributed by atoms with E-state index < -0.39 is 11.7 Å². The summed E-state index contributed by atoms with van der Waals surface area (Å²) in [4.78, 5) is 18.9. The number of halogens is 3. The van der Waals surface area contributed by atoms with Gasteiger partial charge in [0, 0.05) is 18.4 Å². The summed E-state index contributed by atoms with van der Waals surface area (Å²) in [5, 5.41) is 7.09. The normalized spacial score (nSPS) is 11.9. The van der Waals surface area contributed by atoms with Gasteiger partial charge in [-0.25, -0.2) is 9.67 Å². The highest BCUT2D eigenvalue weighted by molar-refractivity contribution is 6.05. The van der Waals surface area contributed by atoms with E-state index in [4.69, 9.17) is 0 Å². The third-order valence-electron chi connectivity index (χ3n) is 4.95. The van der Waals surface area contributed by atoms with Crippen LogP contribution >= 0.6 is 0 Å². The number of carbonyl (C=O) groups is 1. The van der Waals surface area contributed by atoms with Crippen LogP contribution in [0.25, 0.3) is 5.82 Å². The van der Waals surface area contributed by atoms with E-state index >= 15 is 0 Å². The Balaban J connectivity index is 1.81. The van der Waals surface area contributed by atoms with E-state index in [9.17, 15) is 18.0 Å². The van der Waals surface area contributed by atoms with Gasteiger partial charge in [-0.05, 0) is 56.3 Å². The summed E-state index contributed by atoms with van der Waals surface area (Å²) < 4.78 is 39.9. The number of hydrogen-bond acceptors (Lipinski definition) is 4. The molecule has 3 aromatic rings. The van der Waals surface area contributed by atoms with Crippen molar-refractivity contribution in [2.75, 3.05) is 26.0 Å². The largest absolute Gasteiger partial charge is 0.417 e. The van der Waals surface area contributed by atoms with Crippen molar-refractivity contribution in [2.24, 2.45) is 0 Å². The van der Waals surface area contributed by atoms with Crippen LogP contribution in [-0.2, 0) is 12.6 Å². The van der Waals surface area contributed by atoms with Crippen LogP contribution in [0.1, 0.15) is 46.9 Å². The molecule has 0 spiro atoms. The number of likely N-dealkylation sites (N-methyl/N-ethyl adjacent to an activating group) is 1. The molecule has 3 rings (SSSR count). The highest BCUT2D eigenvalue weighted by Crippen LogP contribution is 2.29. The van der Waals surface area contributed by atoms with Gasteiger partial charge in [-0.1, -0.05) is 26.0 Å². The van der Waals surface area contributed by atoms with Gasteiger partial charge >= 0.3 is 6.18 Å². The number of alkyl halides is 3. The summed E-state index contributed by atoms with van der Waals surface area (Å²) in [6.07, 6.45) is -1.39. The number of benzene rings is 1. The number of anilines is 1. The number of carbonyl (C=O) groups excluding carboxylic acids is 1. The number of nitrogens with zero attached hydrogens (tertiary/aromatic N) is 4. The van der Waals surface area contributed by atoms with Crippen LogP contribution in [0.15, 0.2) is 48.8 Å². The van der Waals surface area contributed by atoms with Crippen molar-refractivity contribution in [3.63, 3.8) is 0 Å². The second-order valence-electron chi connectivity index (χ2n) is 8.12. The number of rotatable bonds is 7. The molecule has 0 saturated carbocycles. The molecule has 1 N–H and O–H groups in total. The van der Waals surface area contributed by atoms with Crippen LogP contribution in [0.3, 0.4) is 0 Å².